The first kappa shape index (κ1) is 13.1. The van der Waals surface area contributed by atoms with Gasteiger partial charge in [-0.1, -0.05) is 17.7 Å². The molecule has 20 heavy (non-hydrogen) atoms. The van der Waals surface area contributed by atoms with Gasteiger partial charge in [-0.3, -0.25) is 0 Å². The van der Waals surface area contributed by atoms with Crippen molar-refractivity contribution in [1.82, 2.24) is 0 Å². The van der Waals surface area contributed by atoms with Crippen LogP contribution in [-0.4, -0.2) is 5.11 Å². The van der Waals surface area contributed by atoms with E-state index in [4.69, 9.17) is 4.74 Å². The van der Waals surface area contributed by atoms with Gasteiger partial charge < -0.3 is 9.84 Å². The molecule has 1 aliphatic heterocycles. The van der Waals surface area contributed by atoms with E-state index in [0.29, 0.717) is 12.2 Å². The van der Waals surface area contributed by atoms with Crippen molar-refractivity contribution in [2.75, 3.05) is 0 Å². The number of benzene rings is 2. The van der Waals surface area contributed by atoms with E-state index in [2.05, 4.69) is 0 Å². The Morgan fingerprint density at radius 3 is 2.65 bits per heavy atom. The summed E-state index contributed by atoms with van der Waals surface area (Å²) in [5.74, 6) is 0.460. The summed E-state index contributed by atoms with van der Waals surface area (Å²) in [6.45, 7) is 3.85. The van der Waals surface area contributed by atoms with Crippen molar-refractivity contribution in [1.29, 1.82) is 0 Å². The molecule has 1 aliphatic rings. The first-order valence-electron chi connectivity index (χ1n) is 6.76. The van der Waals surface area contributed by atoms with Crippen LogP contribution in [0.15, 0.2) is 36.4 Å². The van der Waals surface area contributed by atoms with E-state index in [-0.39, 0.29) is 11.9 Å². The van der Waals surface area contributed by atoms with Gasteiger partial charge in [0.1, 0.15) is 17.7 Å². The SMILES string of the molecule is Cc1ccc2c(c1)[C@H](O)CC(c1ccc(F)cc1C)O2. The molecule has 1 heterocycles. The Bertz CT molecular complexity index is 651. The number of hydrogen-bond donors (Lipinski definition) is 1. The first-order valence-corrected chi connectivity index (χ1v) is 6.76. The van der Waals surface area contributed by atoms with E-state index in [0.717, 1.165) is 22.3 Å². The molecule has 3 rings (SSSR count). The summed E-state index contributed by atoms with van der Waals surface area (Å²) in [5, 5.41) is 10.3. The van der Waals surface area contributed by atoms with Gasteiger partial charge in [0.05, 0.1) is 6.10 Å². The Morgan fingerprint density at radius 1 is 1.10 bits per heavy atom. The quantitative estimate of drug-likeness (QED) is 0.850. The van der Waals surface area contributed by atoms with Crippen LogP contribution in [0.25, 0.3) is 0 Å². The van der Waals surface area contributed by atoms with Gasteiger partial charge in [0.25, 0.3) is 0 Å². The van der Waals surface area contributed by atoms with E-state index < -0.39 is 6.10 Å². The molecule has 0 fully saturated rings. The number of aliphatic hydroxyl groups excluding tert-OH is 1. The van der Waals surface area contributed by atoms with Gasteiger partial charge >= 0.3 is 0 Å². The predicted molar refractivity (Wildman–Crippen MR) is 75.3 cm³/mol. The maximum atomic E-state index is 13.2. The molecule has 0 amide bonds. The average molecular weight is 272 g/mol. The summed E-state index contributed by atoms with van der Waals surface area (Å²) in [4.78, 5) is 0. The van der Waals surface area contributed by atoms with Crippen LogP contribution in [0.5, 0.6) is 5.75 Å². The lowest BCUT2D eigenvalue weighted by molar-refractivity contribution is 0.0653. The highest BCUT2D eigenvalue weighted by Crippen LogP contribution is 2.41. The number of rotatable bonds is 1. The lowest BCUT2D eigenvalue weighted by atomic mass is 9.92. The van der Waals surface area contributed by atoms with Crippen LogP contribution in [0.2, 0.25) is 0 Å². The zero-order valence-electron chi connectivity index (χ0n) is 11.6. The summed E-state index contributed by atoms with van der Waals surface area (Å²) in [5.41, 5.74) is 3.71. The van der Waals surface area contributed by atoms with Crippen molar-refractivity contribution >= 4 is 0 Å². The summed E-state index contributed by atoms with van der Waals surface area (Å²) in [6.07, 6.45) is -0.294. The third-order valence-electron chi connectivity index (χ3n) is 3.81. The third kappa shape index (κ3) is 2.29. The molecule has 0 spiro atoms. The molecule has 0 saturated carbocycles. The molecular formula is C17H17FO2. The van der Waals surface area contributed by atoms with E-state index in [1.54, 1.807) is 6.07 Å². The summed E-state index contributed by atoms with van der Waals surface area (Å²) >= 11 is 0. The van der Waals surface area contributed by atoms with Crippen LogP contribution in [0.1, 0.15) is 40.9 Å². The number of hydrogen-bond acceptors (Lipinski definition) is 2. The minimum absolute atomic E-state index is 0.235. The van der Waals surface area contributed by atoms with Crippen LogP contribution < -0.4 is 4.74 Å². The number of ether oxygens (including phenoxy) is 1. The van der Waals surface area contributed by atoms with Gasteiger partial charge in [0.15, 0.2) is 0 Å². The second kappa shape index (κ2) is 4.91. The molecule has 0 saturated heterocycles. The fraction of sp³-hybridized carbons (Fsp3) is 0.294. The van der Waals surface area contributed by atoms with Gasteiger partial charge in [0, 0.05) is 12.0 Å². The first-order chi connectivity index (χ1) is 9.54. The fourth-order valence-electron chi connectivity index (χ4n) is 2.76. The van der Waals surface area contributed by atoms with Crippen molar-refractivity contribution in [2.24, 2.45) is 0 Å². The second-order valence-corrected chi connectivity index (χ2v) is 5.40. The fourth-order valence-corrected chi connectivity index (χ4v) is 2.76. The molecule has 2 aromatic carbocycles. The lowest BCUT2D eigenvalue weighted by Crippen LogP contribution is -2.20. The number of aliphatic hydroxyl groups is 1. The molecule has 0 bridgehead atoms. The average Bonchev–Trinajstić information content (AvgIpc) is 2.39. The Balaban J connectivity index is 1.97. The molecule has 0 radical (unpaired) electrons. The Labute approximate surface area is 117 Å². The van der Waals surface area contributed by atoms with E-state index >= 15 is 0 Å². The second-order valence-electron chi connectivity index (χ2n) is 5.40. The van der Waals surface area contributed by atoms with E-state index in [9.17, 15) is 9.50 Å². The van der Waals surface area contributed by atoms with Gasteiger partial charge in [-0.2, -0.15) is 0 Å². The monoisotopic (exact) mass is 272 g/mol. The van der Waals surface area contributed by atoms with Gasteiger partial charge in [-0.25, -0.2) is 4.39 Å². The van der Waals surface area contributed by atoms with Crippen molar-refractivity contribution in [3.05, 3.63) is 64.5 Å². The highest BCUT2D eigenvalue weighted by molar-refractivity contribution is 5.42. The van der Waals surface area contributed by atoms with Crippen molar-refractivity contribution in [2.45, 2.75) is 32.5 Å². The summed E-state index contributed by atoms with van der Waals surface area (Å²) in [7, 11) is 0. The number of fused-ring (bicyclic) bond motifs is 1. The zero-order valence-corrected chi connectivity index (χ0v) is 11.6. The highest BCUT2D eigenvalue weighted by Gasteiger charge is 2.28. The van der Waals surface area contributed by atoms with Crippen LogP contribution in [-0.2, 0) is 0 Å². The molecule has 0 aliphatic carbocycles. The van der Waals surface area contributed by atoms with Crippen LogP contribution >= 0.6 is 0 Å². The molecule has 2 nitrogen and oxygen atoms in total. The van der Waals surface area contributed by atoms with Crippen LogP contribution in [0.4, 0.5) is 4.39 Å². The molecule has 0 aromatic heterocycles. The van der Waals surface area contributed by atoms with Gasteiger partial charge in [-0.05, 0) is 49.2 Å². The maximum absolute atomic E-state index is 13.2. The smallest absolute Gasteiger partial charge is 0.127 e. The Morgan fingerprint density at radius 2 is 1.90 bits per heavy atom. The molecule has 3 heteroatoms. The van der Waals surface area contributed by atoms with Crippen molar-refractivity contribution in [3.63, 3.8) is 0 Å². The van der Waals surface area contributed by atoms with Crippen molar-refractivity contribution < 1.29 is 14.2 Å². The zero-order chi connectivity index (χ0) is 14.3. The van der Waals surface area contributed by atoms with Crippen LogP contribution in [0.3, 0.4) is 0 Å². The maximum Gasteiger partial charge on any atom is 0.127 e. The summed E-state index contributed by atoms with van der Waals surface area (Å²) in [6, 6.07) is 10.5. The minimum atomic E-state index is -0.548. The predicted octanol–water partition coefficient (Wildman–Crippen LogP) is 4.00. The molecule has 2 atom stereocenters. The number of halogens is 1. The topological polar surface area (TPSA) is 29.5 Å². The van der Waals surface area contributed by atoms with Gasteiger partial charge in [0.2, 0.25) is 0 Å². The number of aryl methyl sites for hydroxylation is 2. The van der Waals surface area contributed by atoms with Crippen molar-refractivity contribution in [3.8, 4) is 5.75 Å². The lowest BCUT2D eigenvalue weighted by Gasteiger charge is -2.31. The summed E-state index contributed by atoms with van der Waals surface area (Å²) < 4.78 is 19.2. The standard InChI is InChI=1S/C17H17FO2/c1-10-3-6-16-14(7-10)15(19)9-17(20-16)13-5-4-12(18)8-11(13)2/h3-8,15,17,19H,9H2,1-2H3/t15-,17?/m1/s1. The third-order valence-corrected chi connectivity index (χ3v) is 3.81. The normalized spacial score (nSPS) is 21.2. The van der Waals surface area contributed by atoms with E-state index in [1.807, 2.05) is 32.0 Å². The molecule has 104 valence electrons. The highest BCUT2D eigenvalue weighted by atomic mass is 19.1. The van der Waals surface area contributed by atoms with Crippen LogP contribution in [0, 0.1) is 19.7 Å². The molecule has 1 N–H and O–H groups in total. The van der Waals surface area contributed by atoms with E-state index in [1.165, 1.54) is 12.1 Å². The largest absolute Gasteiger partial charge is 0.485 e. The molecule has 1 unspecified atom stereocenters. The molecular weight excluding hydrogens is 255 g/mol. The Kier molecular flexibility index (Phi) is 3.22. The minimum Gasteiger partial charge on any atom is -0.485 e. The molecule has 2 aromatic rings. The van der Waals surface area contributed by atoms with Gasteiger partial charge in [-0.15, -0.1) is 0 Å². The Hall–Kier alpha value is -1.87.